The van der Waals surface area contributed by atoms with E-state index in [9.17, 15) is 14.9 Å². The number of thiazole rings is 2. The van der Waals surface area contributed by atoms with Gasteiger partial charge in [0.1, 0.15) is 5.69 Å². The van der Waals surface area contributed by atoms with Crippen LogP contribution in [0.4, 0.5) is 16.0 Å². The number of nitrogens with zero attached hydrogens (tertiary/aromatic N) is 4. The largest absolute Gasteiger partial charge is 0.370 e. The number of carbonyl (C=O) groups excluding carboxylic acids is 1. The SMILES string of the molecule is Cl.NC(N)=Nc1nc(C(=O)Nc2nc3ccc([N+](=O)[O-])cc3s2)cs1. The standard InChI is InChI=1S/C12H9N7O3S2.ClH/c13-10(14)18-11-16-7(4-23-11)9(20)17-12-15-6-2-1-5(19(21)22)3-8(6)24-12;/h1-4H,(H,15,17,20)(H4,13,14,16,18);1H. The Kier molecular flexibility index (Phi) is 5.46. The Morgan fingerprint density at radius 3 is 2.76 bits per heavy atom. The van der Waals surface area contributed by atoms with Crippen molar-refractivity contribution in [2.24, 2.45) is 16.5 Å². The number of halogens is 1. The van der Waals surface area contributed by atoms with Gasteiger partial charge in [0.2, 0.25) is 5.13 Å². The van der Waals surface area contributed by atoms with Crippen LogP contribution in [-0.2, 0) is 0 Å². The van der Waals surface area contributed by atoms with Crippen molar-refractivity contribution in [3.8, 4) is 0 Å². The van der Waals surface area contributed by atoms with Crippen LogP contribution in [0.3, 0.4) is 0 Å². The second-order valence-electron chi connectivity index (χ2n) is 4.43. The molecule has 1 aromatic carbocycles. The fourth-order valence-electron chi connectivity index (χ4n) is 1.77. The van der Waals surface area contributed by atoms with Gasteiger partial charge in [0.05, 0.1) is 15.1 Å². The molecule has 0 unspecified atom stereocenters. The normalized spacial score (nSPS) is 10.1. The van der Waals surface area contributed by atoms with Crippen LogP contribution in [0.25, 0.3) is 10.2 Å². The maximum atomic E-state index is 12.1. The third kappa shape index (κ3) is 4.17. The summed E-state index contributed by atoms with van der Waals surface area (Å²) in [7, 11) is 0. The molecule has 0 spiro atoms. The minimum Gasteiger partial charge on any atom is -0.370 e. The molecule has 0 atom stereocenters. The Hall–Kier alpha value is -2.83. The highest BCUT2D eigenvalue weighted by Gasteiger charge is 2.15. The summed E-state index contributed by atoms with van der Waals surface area (Å²) in [6.45, 7) is 0. The van der Waals surface area contributed by atoms with E-state index >= 15 is 0 Å². The first-order valence-corrected chi connectivity index (χ1v) is 8.03. The summed E-state index contributed by atoms with van der Waals surface area (Å²) in [5, 5.41) is 15.5. The van der Waals surface area contributed by atoms with Crippen molar-refractivity contribution >= 4 is 73.1 Å². The van der Waals surface area contributed by atoms with Crippen molar-refractivity contribution in [1.29, 1.82) is 0 Å². The highest BCUT2D eigenvalue weighted by Crippen LogP contribution is 2.29. The van der Waals surface area contributed by atoms with Crippen LogP contribution < -0.4 is 16.8 Å². The molecule has 5 N–H and O–H groups in total. The maximum absolute atomic E-state index is 12.1. The van der Waals surface area contributed by atoms with Gasteiger partial charge in [-0.2, -0.15) is 4.99 Å². The zero-order valence-corrected chi connectivity index (χ0v) is 14.7. The summed E-state index contributed by atoms with van der Waals surface area (Å²) < 4.78 is 0.596. The molecule has 0 bridgehead atoms. The maximum Gasteiger partial charge on any atom is 0.276 e. The lowest BCUT2D eigenvalue weighted by Crippen LogP contribution is -2.21. The van der Waals surface area contributed by atoms with E-state index in [1.165, 1.54) is 23.6 Å². The van der Waals surface area contributed by atoms with Gasteiger partial charge >= 0.3 is 0 Å². The Morgan fingerprint density at radius 2 is 2.08 bits per heavy atom. The van der Waals surface area contributed by atoms with Gasteiger partial charge < -0.3 is 11.5 Å². The molecule has 3 aromatic rings. The van der Waals surface area contributed by atoms with E-state index in [1.54, 1.807) is 0 Å². The summed E-state index contributed by atoms with van der Waals surface area (Å²) in [5.74, 6) is -0.624. The number of anilines is 1. The second kappa shape index (κ2) is 7.38. The molecule has 13 heteroatoms. The predicted molar refractivity (Wildman–Crippen MR) is 99.1 cm³/mol. The summed E-state index contributed by atoms with van der Waals surface area (Å²) in [6, 6.07) is 4.29. The lowest BCUT2D eigenvalue weighted by molar-refractivity contribution is -0.384. The van der Waals surface area contributed by atoms with Gasteiger partial charge in [-0.05, 0) is 6.07 Å². The average molecular weight is 400 g/mol. The highest BCUT2D eigenvalue weighted by atomic mass is 35.5. The van der Waals surface area contributed by atoms with Gasteiger partial charge in [0.25, 0.3) is 11.6 Å². The lowest BCUT2D eigenvalue weighted by Gasteiger charge is -1.96. The number of carbonyl (C=O) groups is 1. The smallest absolute Gasteiger partial charge is 0.276 e. The van der Waals surface area contributed by atoms with Gasteiger partial charge in [-0.3, -0.25) is 20.2 Å². The van der Waals surface area contributed by atoms with E-state index in [0.29, 0.717) is 15.3 Å². The minimum atomic E-state index is -0.488. The molecule has 10 nitrogen and oxygen atoms in total. The molecule has 0 aliphatic heterocycles. The molecular formula is C12H10ClN7O3S2. The lowest BCUT2D eigenvalue weighted by atomic mass is 10.3. The van der Waals surface area contributed by atoms with Crippen LogP contribution in [0.1, 0.15) is 10.5 Å². The first-order chi connectivity index (χ1) is 11.4. The van der Waals surface area contributed by atoms with Crippen LogP contribution in [0.2, 0.25) is 0 Å². The van der Waals surface area contributed by atoms with Crippen molar-refractivity contribution in [1.82, 2.24) is 9.97 Å². The molecule has 0 aliphatic rings. The molecule has 3 rings (SSSR count). The zero-order valence-electron chi connectivity index (χ0n) is 12.2. The number of hydrogen-bond acceptors (Lipinski definition) is 8. The number of benzene rings is 1. The molecule has 0 saturated carbocycles. The van der Waals surface area contributed by atoms with Crippen molar-refractivity contribution in [3.63, 3.8) is 0 Å². The molecule has 0 aliphatic carbocycles. The number of nitro groups is 1. The summed E-state index contributed by atoms with van der Waals surface area (Å²) >= 11 is 2.25. The van der Waals surface area contributed by atoms with Gasteiger partial charge in [-0.1, -0.05) is 11.3 Å². The van der Waals surface area contributed by atoms with Crippen molar-refractivity contribution in [3.05, 3.63) is 39.4 Å². The molecule has 1 amide bonds. The highest BCUT2D eigenvalue weighted by molar-refractivity contribution is 7.22. The van der Waals surface area contributed by atoms with Crippen LogP contribution in [-0.4, -0.2) is 26.8 Å². The van der Waals surface area contributed by atoms with Gasteiger partial charge in [0.15, 0.2) is 11.1 Å². The Morgan fingerprint density at radius 1 is 1.32 bits per heavy atom. The summed E-state index contributed by atoms with van der Waals surface area (Å²) in [6.07, 6.45) is 0. The molecule has 0 saturated heterocycles. The van der Waals surface area contributed by atoms with E-state index in [-0.39, 0.29) is 34.9 Å². The molecule has 130 valence electrons. The number of fused-ring (bicyclic) bond motifs is 1. The summed E-state index contributed by atoms with van der Waals surface area (Å²) in [5.41, 5.74) is 11.2. The van der Waals surface area contributed by atoms with Crippen LogP contribution in [0.5, 0.6) is 0 Å². The number of guanidine groups is 1. The van der Waals surface area contributed by atoms with E-state index in [4.69, 9.17) is 11.5 Å². The first-order valence-electron chi connectivity index (χ1n) is 6.34. The number of nitro benzene ring substituents is 1. The van der Waals surface area contributed by atoms with Crippen molar-refractivity contribution in [2.75, 3.05) is 5.32 Å². The molecule has 2 heterocycles. The molecule has 0 fully saturated rings. The third-order valence-corrected chi connectivity index (χ3v) is 4.42. The minimum absolute atomic E-state index is 0. The Labute approximate surface area is 154 Å². The molecular weight excluding hydrogens is 390 g/mol. The fourth-order valence-corrected chi connectivity index (χ4v) is 3.35. The average Bonchev–Trinajstić information content (AvgIpc) is 3.11. The van der Waals surface area contributed by atoms with Gasteiger partial charge in [-0.15, -0.1) is 23.7 Å². The predicted octanol–water partition coefficient (Wildman–Crippen LogP) is 2.24. The monoisotopic (exact) mass is 399 g/mol. The Balaban J connectivity index is 0.00000225. The summed E-state index contributed by atoms with van der Waals surface area (Å²) in [4.78, 5) is 34.4. The quantitative estimate of drug-likeness (QED) is 0.262. The fraction of sp³-hybridized carbons (Fsp3) is 0. The van der Waals surface area contributed by atoms with Crippen LogP contribution in [0.15, 0.2) is 28.6 Å². The molecule has 25 heavy (non-hydrogen) atoms. The van der Waals surface area contributed by atoms with Crippen molar-refractivity contribution in [2.45, 2.75) is 0 Å². The number of hydrogen-bond donors (Lipinski definition) is 3. The number of nitrogens with one attached hydrogen (secondary N) is 1. The van der Waals surface area contributed by atoms with Gasteiger partial charge in [-0.25, -0.2) is 9.97 Å². The second-order valence-corrected chi connectivity index (χ2v) is 6.30. The topological polar surface area (TPSA) is 162 Å². The van der Waals surface area contributed by atoms with E-state index < -0.39 is 10.8 Å². The Bertz CT molecular complexity index is 980. The number of nitrogens with two attached hydrogens (primary N) is 2. The van der Waals surface area contributed by atoms with E-state index in [0.717, 1.165) is 22.7 Å². The number of non-ortho nitro benzene ring substituents is 1. The van der Waals surface area contributed by atoms with Crippen LogP contribution >= 0.6 is 35.1 Å². The van der Waals surface area contributed by atoms with Crippen molar-refractivity contribution < 1.29 is 9.72 Å². The molecule has 2 aromatic heterocycles. The van der Waals surface area contributed by atoms with Gasteiger partial charge in [0, 0.05) is 17.5 Å². The van der Waals surface area contributed by atoms with E-state index in [1.807, 2.05) is 0 Å². The zero-order chi connectivity index (χ0) is 17.3. The van der Waals surface area contributed by atoms with E-state index in [2.05, 4.69) is 20.3 Å². The number of aromatic nitrogens is 2. The first kappa shape index (κ1) is 18.5. The van der Waals surface area contributed by atoms with Crippen LogP contribution in [0, 0.1) is 10.1 Å². The molecule has 0 radical (unpaired) electrons. The number of aliphatic imine (C=N–C) groups is 1. The number of amides is 1. The third-order valence-electron chi connectivity index (χ3n) is 2.75. The number of rotatable bonds is 4.